The summed E-state index contributed by atoms with van der Waals surface area (Å²) < 4.78 is 38.1. The van der Waals surface area contributed by atoms with Gasteiger partial charge >= 0.3 is 6.18 Å². The van der Waals surface area contributed by atoms with Crippen LogP contribution in [-0.4, -0.2) is 11.9 Å². The maximum absolute atomic E-state index is 12.7. The minimum absolute atomic E-state index is 0. The predicted octanol–water partition coefficient (Wildman–Crippen LogP) is 3.36. The first kappa shape index (κ1) is 18.7. The van der Waals surface area contributed by atoms with E-state index in [1.807, 2.05) is 0 Å². The zero-order valence-corrected chi connectivity index (χ0v) is 12.2. The van der Waals surface area contributed by atoms with Crippen molar-refractivity contribution >= 4 is 24.0 Å². The van der Waals surface area contributed by atoms with Crippen molar-refractivity contribution in [3.8, 4) is 0 Å². The molecular formula is C13H18ClF3N2O. The van der Waals surface area contributed by atoms with E-state index in [1.165, 1.54) is 19.1 Å². The molecule has 3 nitrogen and oxygen atoms in total. The molecule has 0 spiro atoms. The van der Waals surface area contributed by atoms with Gasteiger partial charge in [-0.15, -0.1) is 12.4 Å². The van der Waals surface area contributed by atoms with Crippen LogP contribution in [0, 0.1) is 12.8 Å². The molecule has 7 heteroatoms. The highest BCUT2D eigenvalue weighted by molar-refractivity contribution is 5.94. The van der Waals surface area contributed by atoms with Gasteiger partial charge < -0.3 is 11.1 Å². The second-order valence-electron chi connectivity index (χ2n) is 4.79. The smallest absolute Gasteiger partial charge is 0.325 e. The Morgan fingerprint density at radius 1 is 1.30 bits per heavy atom. The van der Waals surface area contributed by atoms with Crippen molar-refractivity contribution < 1.29 is 18.0 Å². The molecule has 0 aliphatic rings. The summed E-state index contributed by atoms with van der Waals surface area (Å²) in [5, 5.41) is 2.40. The molecule has 1 atom stereocenters. The summed E-state index contributed by atoms with van der Waals surface area (Å²) in [5.41, 5.74) is 5.07. The average molecular weight is 311 g/mol. The van der Waals surface area contributed by atoms with E-state index in [2.05, 4.69) is 5.32 Å². The lowest BCUT2D eigenvalue weighted by Gasteiger charge is -2.17. The topological polar surface area (TPSA) is 55.1 Å². The Morgan fingerprint density at radius 2 is 1.85 bits per heavy atom. The molecule has 0 heterocycles. The summed E-state index contributed by atoms with van der Waals surface area (Å²) in [6, 6.07) is 2.91. The number of benzene rings is 1. The number of carbonyl (C=O) groups is 1. The summed E-state index contributed by atoms with van der Waals surface area (Å²) in [4.78, 5) is 11.7. The Hall–Kier alpha value is -1.27. The Kier molecular flexibility index (Phi) is 6.50. The van der Waals surface area contributed by atoms with Gasteiger partial charge in [0.1, 0.15) is 0 Å². The largest absolute Gasteiger partial charge is 0.416 e. The van der Waals surface area contributed by atoms with Crippen LogP contribution >= 0.6 is 12.4 Å². The highest BCUT2D eigenvalue weighted by Gasteiger charge is 2.32. The highest BCUT2D eigenvalue weighted by atomic mass is 35.5. The van der Waals surface area contributed by atoms with Gasteiger partial charge in [-0.3, -0.25) is 4.79 Å². The minimum atomic E-state index is -4.44. The third-order valence-electron chi connectivity index (χ3n) is 2.83. The zero-order chi connectivity index (χ0) is 14.8. The molecule has 0 aliphatic carbocycles. The van der Waals surface area contributed by atoms with Gasteiger partial charge in [0.05, 0.1) is 11.6 Å². The number of nitrogens with two attached hydrogens (primary N) is 1. The molecule has 1 aromatic rings. The fraction of sp³-hybridized carbons (Fsp3) is 0.462. The molecule has 0 aromatic heterocycles. The van der Waals surface area contributed by atoms with Crippen LogP contribution in [0.4, 0.5) is 18.9 Å². The average Bonchev–Trinajstić information content (AvgIpc) is 2.28. The number of halogens is 4. The normalized spacial score (nSPS) is 12.8. The molecule has 0 radical (unpaired) electrons. The maximum Gasteiger partial charge on any atom is 0.416 e. The van der Waals surface area contributed by atoms with E-state index in [9.17, 15) is 18.0 Å². The van der Waals surface area contributed by atoms with Gasteiger partial charge in [0.2, 0.25) is 5.91 Å². The van der Waals surface area contributed by atoms with Crippen molar-refractivity contribution in [2.24, 2.45) is 11.7 Å². The van der Waals surface area contributed by atoms with Crippen LogP contribution in [0.5, 0.6) is 0 Å². The quantitative estimate of drug-likeness (QED) is 0.899. The molecule has 114 valence electrons. The molecule has 0 aliphatic heterocycles. The molecule has 0 fully saturated rings. The number of carbonyl (C=O) groups excluding carboxylic acids is 1. The zero-order valence-electron chi connectivity index (χ0n) is 11.4. The fourth-order valence-corrected chi connectivity index (χ4v) is 1.53. The lowest BCUT2D eigenvalue weighted by molar-refractivity contribution is -0.138. The number of hydrogen-bond acceptors (Lipinski definition) is 2. The second kappa shape index (κ2) is 6.95. The predicted molar refractivity (Wildman–Crippen MR) is 74.9 cm³/mol. The summed E-state index contributed by atoms with van der Waals surface area (Å²) in [5.74, 6) is -0.584. The lowest BCUT2D eigenvalue weighted by Crippen LogP contribution is -2.39. The molecule has 1 amide bonds. The molecule has 0 bridgehead atoms. The van der Waals surface area contributed by atoms with Gasteiger partial charge in [0.15, 0.2) is 0 Å². The van der Waals surface area contributed by atoms with Crippen LogP contribution in [-0.2, 0) is 11.0 Å². The van der Waals surface area contributed by atoms with Gasteiger partial charge in [-0.2, -0.15) is 13.2 Å². The monoisotopic (exact) mass is 310 g/mol. The first-order valence-electron chi connectivity index (χ1n) is 5.87. The maximum atomic E-state index is 12.7. The number of amides is 1. The summed E-state index contributed by atoms with van der Waals surface area (Å²) in [7, 11) is 0. The van der Waals surface area contributed by atoms with Crippen LogP contribution in [0.15, 0.2) is 18.2 Å². The van der Waals surface area contributed by atoms with Crippen LogP contribution in [0.2, 0.25) is 0 Å². The van der Waals surface area contributed by atoms with Crippen LogP contribution in [0.25, 0.3) is 0 Å². The summed E-state index contributed by atoms with van der Waals surface area (Å²) in [6.07, 6.45) is -4.44. The Balaban J connectivity index is 0.00000361. The molecule has 20 heavy (non-hydrogen) atoms. The van der Waals surface area contributed by atoms with Crippen molar-refractivity contribution in [1.82, 2.24) is 0 Å². The van der Waals surface area contributed by atoms with Crippen LogP contribution in [0.1, 0.15) is 25.0 Å². The van der Waals surface area contributed by atoms with Crippen molar-refractivity contribution in [3.05, 3.63) is 29.3 Å². The molecular weight excluding hydrogens is 293 g/mol. The van der Waals surface area contributed by atoms with Gasteiger partial charge in [-0.25, -0.2) is 0 Å². The number of aryl methyl sites for hydroxylation is 1. The highest BCUT2D eigenvalue weighted by Crippen LogP contribution is 2.33. The number of nitrogens with one attached hydrogen (secondary N) is 1. The molecule has 1 unspecified atom stereocenters. The van der Waals surface area contributed by atoms with Crippen molar-refractivity contribution in [2.75, 3.05) is 5.32 Å². The van der Waals surface area contributed by atoms with E-state index < -0.39 is 23.7 Å². The summed E-state index contributed by atoms with van der Waals surface area (Å²) >= 11 is 0. The Labute approximate surface area is 122 Å². The van der Waals surface area contributed by atoms with Crippen molar-refractivity contribution in [1.29, 1.82) is 0 Å². The summed E-state index contributed by atoms with van der Waals surface area (Å²) in [6.45, 7) is 4.90. The van der Waals surface area contributed by atoms with Gasteiger partial charge in [-0.1, -0.05) is 19.9 Å². The first-order chi connectivity index (χ1) is 8.62. The standard InChI is InChI=1S/C13H17F3N2O.ClH/c1-7(2)11(17)12(19)18-9-5-4-8(3)10(6-9)13(14,15)16;/h4-7,11H,17H2,1-3H3,(H,18,19);1H. The van der Waals surface area contributed by atoms with E-state index >= 15 is 0 Å². The van der Waals surface area contributed by atoms with E-state index in [1.54, 1.807) is 13.8 Å². The Bertz CT molecular complexity index is 475. The second-order valence-corrected chi connectivity index (χ2v) is 4.79. The fourth-order valence-electron chi connectivity index (χ4n) is 1.53. The molecule has 0 saturated heterocycles. The van der Waals surface area contributed by atoms with E-state index in [4.69, 9.17) is 5.73 Å². The molecule has 0 saturated carbocycles. The van der Waals surface area contributed by atoms with Gasteiger partial charge in [-0.05, 0) is 30.5 Å². The van der Waals surface area contributed by atoms with Gasteiger partial charge in [0.25, 0.3) is 0 Å². The van der Waals surface area contributed by atoms with E-state index in [-0.39, 0.29) is 29.6 Å². The van der Waals surface area contributed by atoms with E-state index in [0.717, 1.165) is 6.07 Å². The third kappa shape index (κ3) is 4.68. The van der Waals surface area contributed by atoms with Gasteiger partial charge in [0, 0.05) is 5.69 Å². The lowest BCUT2D eigenvalue weighted by atomic mass is 10.0. The van der Waals surface area contributed by atoms with Crippen LogP contribution < -0.4 is 11.1 Å². The SMILES string of the molecule is Cc1ccc(NC(=O)C(N)C(C)C)cc1C(F)(F)F.Cl. The first-order valence-corrected chi connectivity index (χ1v) is 5.87. The molecule has 1 rings (SSSR count). The van der Waals surface area contributed by atoms with E-state index in [0.29, 0.717) is 0 Å². The van der Waals surface area contributed by atoms with Crippen molar-refractivity contribution in [2.45, 2.75) is 33.0 Å². The van der Waals surface area contributed by atoms with Crippen LogP contribution in [0.3, 0.4) is 0 Å². The van der Waals surface area contributed by atoms with Crippen molar-refractivity contribution in [3.63, 3.8) is 0 Å². The Morgan fingerprint density at radius 3 is 2.30 bits per heavy atom. The number of rotatable bonds is 3. The molecule has 3 N–H and O–H groups in total. The number of hydrogen-bond donors (Lipinski definition) is 2. The molecule has 1 aromatic carbocycles. The third-order valence-corrected chi connectivity index (χ3v) is 2.83. The minimum Gasteiger partial charge on any atom is -0.325 e. The number of anilines is 1. The number of alkyl halides is 3.